The molecule has 0 heterocycles. The van der Waals surface area contributed by atoms with Crippen LogP contribution in [0.15, 0.2) is 0 Å². The Morgan fingerprint density at radius 1 is 0.348 bits per heavy atom. The second-order valence-corrected chi connectivity index (χ2v) is 14.1. The van der Waals surface area contributed by atoms with Crippen LogP contribution in [0, 0.1) is 0 Å². The average Bonchev–Trinajstić information content (AvgIpc) is 3.05. The molecule has 0 aromatic carbocycles. The highest BCUT2D eigenvalue weighted by atomic mass is 16.5. The van der Waals surface area contributed by atoms with Crippen LogP contribution in [0.4, 0.5) is 0 Å². The largest absolute Gasteiger partial charge is 0.481 e. The fourth-order valence-electron chi connectivity index (χ4n) is 6.08. The van der Waals surface area contributed by atoms with Crippen LogP contribution in [-0.2, 0) is 14.3 Å². The van der Waals surface area contributed by atoms with Gasteiger partial charge in [-0.1, -0.05) is 220 Å². The standard InChI is InChI=1S/C24H48O2.C18H36O2/c1-3-5-7-9-11-12-13-14-15-16-17-18-20-22-24(25)26-23-21-19-10-8-6-4-2;1-2-3-4-5-6-7-8-9-10-11-12-13-14-15-16-17-18(19)20/h3-23H2,1-2H3;2-17H2,1H3,(H,19,20). The molecule has 0 atom stereocenters. The molecule has 0 saturated carbocycles. The average molecular weight is 653 g/mol. The van der Waals surface area contributed by atoms with Gasteiger partial charge in [0.1, 0.15) is 0 Å². The number of carbonyl (C=O) groups excluding carboxylic acids is 1. The maximum absolute atomic E-state index is 11.7. The van der Waals surface area contributed by atoms with E-state index < -0.39 is 5.97 Å². The van der Waals surface area contributed by atoms with Crippen molar-refractivity contribution in [2.24, 2.45) is 0 Å². The Morgan fingerprint density at radius 3 is 0.870 bits per heavy atom. The maximum Gasteiger partial charge on any atom is 0.305 e. The summed E-state index contributed by atoms with van der Waals surface area (Å²) in [5, 5.41) is 8.52. The summed E-state index contributed by atoms with van der Waals surface area (Å²) in [4.78, 5) is 22.0. The first-order chi connectivity index (χ1) is 22.6. The zero-order valence-corrected chi connectivity index (χ0v) is 31.8. The van der Waals surface area contributed by atoms with Crippen molar-refractivity contribution in [2.45, 2.75) is 252 Å². The number of aliphatic carboxylic acids is 1. The van der Waals surface area contributed by atoms with Crippen molar-refractivity contribution in [2.75, 3.05) is 6.61 Å². The van der Waals surface area contributed by atoms with E-state index in [1.807, 2.05) is 0 Å². The number of carbonyl (C=O) groups is 2. The van der Waals surface area contributed by atoms with Crippen LogP contribution in [0.3, 0.4) is 0 Å². The van der Waals surface area contributed by atoms with Gasteiger partial charge in [0.2, 0.25) is 0 Å². The molecule has 0 radical (unpaired) electrons. The summed E-state index contributed by atoms with van der Waals surface area (Å²) in [6.45, 7) is 7.41. The van der Waals surface area contributed by atoms with Gasteiger partial charge in [0.15, 0.2) is 0 Å². The first-order valence-corrected chi connectivity index (χ1v) is 21.0. The van der Waals surface area contributed by atoms with Crippen molar-refractivity contribution in [1.82, 2.24) is 0 Å². The van der Waals surface area contributed by atoms with E-state index in [1.165, 1.54) is 193 Å². The molecule has 0 fully saturated rings. The van der Waals surface area contributed by atoms with E-state index >= 15 is 0 Å². The number of carboxylic acid groups (broad SMARTS) is 1. The minimum atomic E-state index is -0.653. The number of carboxylic acids is 1. The van der Waals surface area contributed by atoms with Crippen molar-refractivity contribution in [3.63, 3.8) is 0 Å². The van der Waals surface area contributed by atoms with Crippen LogP contribution >= 0.6 is 0 Å². The molecule has 0 spiro atoms. The Bertz CT molecular complexity index is 576. The number of unbranched alkanes of at least 4 members (excludes halogenated alkanes) is 31. The summed E-state index contributed by atoms with van der Waals surface area (Å²) in [6, 6.07) is 0. The highest BCUT2D eigenvalue weighted by molar-refractivity contribution is 5.69. The highest BCUT2D eigenvalue weighted by Crippen LogP contribution is 2.15. The second kappa shape index (κ2) is 43.9. The lowest BCUT2D eigenvalue weighted by Gasteiger charge is -2.05. The normalized spacial score (nSPS) is 10.9. The third kappa shape index (κ3) is 47.3. The first-order valence-electron chi connectivity index (χ1n) is 21.0. The smallest absolute Gasteiger partial charge is 0.305 e. The van der Waals surface area contributed by atoms with E-state index in [1.54, 1.807) is 0 Å². The minimum absolute atomic E-state index is 0.0154. The summed E-state index contributed by atoms with van der Waals surface area (Å²) in [5.41, 5.74) is 0. The van der Waals surface area contributed by atoms with Gasteiger partial charge < -0.3 is 9.84 Å². The molecular weight excluding hydrogens is 568 g/mol. The SMILES string of the molecule is CCCCCCCCCCCCCCCC(=O)OCCCCCCCC.CCCCCCCCCCCCCCCCCC(=O)O. The van der Waals surface area contributed by atoms with Gasteiger partial charge in [-0.15, -0.1) is 0 Å². The van der Waals surface area contributed by atoms with Crippen LogP contribution in [0.1, 0.15) is 252 Å². The van der Waals surface area contributed by atoms with Gasteiger partial charge in [-0.3, -0.25) is 9.59 Å². The zero-order chi connectivity index (χ0) is 34.0. The van der Waals surface area contributed by atoms with E-state index in [4.69, 9.17) is 9.84 Å². The molecule has 0 aromatic rings. The second-order valence-electron chi connectivity index (χ2n) is 14.1. The molecule has 0 aliphatic carbocycles. The van der Waals surface area contributed by atoms with E-state index in [0.29, 0.717) is 19.4 Å². The van der Waals surface area contributed by atoms with E-state index in [9.17, 15) is 9.59 Å². The molecule has 276 valence electrons. The molecule has 0 aromatic heterocycles. The van der Waals surface area contributed by atoms with E-state index in [0.717, 1.165) is 25.7 Å². The molecule has 0 bridgehead atoms. The van der Waals surface area contributed by atoms with Gasteiger partial charge >= 0.3 is 11.9 Å². The Kier molecular flexibility index (Phi) is 45.0. The Hall–Kier alpha value is -1.06. The number of esters is 1. The van der Waals surface area contributed by atoms with Crippen molar-refractivity contribution in [3.8, 4) is 0 Å². The van der Waals surface area contributed by atoms with Crippen molar-refractivity contribution >= 4 is 11.9 Å². The molecule has 1 N–H and O–H groups in total. The van der Waals surface area contributed by atoms with Crippen LogP contribution < -0.4 is 0 Å². The summed E-state index contributed by atoms with van der Waals surface area (Å²) >= 11 is 0. The number of ether oxygens (including phenoxy) is 1. The molecular formula is C42H84O4. The Labute approximate surface area is 289 Å². The maximum atomic E-state index is 11.7. The molecule has 0 aliphatic heterocycles. The van der Waals surface area contributed by atoms with Crippen molar-refractivity contribution in [3.05, 3.63) is 0 Å². The van der Waals surface area contributed by atoms with Crippen LogP contribution in [0.25, 0.3) is 0 Å². The topological polar surface area (TPSA) is 63.6 Å². The zero-order valence-electron chi connectivity index (χ0n) is 31.8. The predicted molar refractivity (Wildman–Crippen MR) is 202 cm³/mol. The monoisotopic (exact) mass is 653 g/mol. The lowest BCUT2D eigenvalue weighted by Crippen LogP contribution is -2.05. The van der Waals surface area contributed by atoms with E-state index in [2.05, 4.69) is 20.8 Å². The quantitative estimate of drug-likeness (QED) is 0.0536. The van der Waals surface area contributed by atoms with Gasteiger partial charge in [-0.2, -0.15) is 0 Å². The summed E-state index contributed by atoms with van der Waals surface area (Å²) in [6.07, 6.45) is 45.7. The number of hydrogen-bond donors (Lipinski definition) is 1. The van der Waals surface area contributed by atoms with Gasteiger partial charge in [0.25, 0.3) is 0 Å². The lowest BCUT2D eigenvalue weighted by molar-refractivity contribution is -0.144. The van der Waals surface area contributed by atoms with Crippen LogP contribution in [0.5, 0.6) is 0 Å². The highest BCUT2D eigenvalue weighted by Gasteiger charge is 2.03. The van der Waals surface area contributed by atoms with E-state index in [-0.39, 0.29) is 5.97 Å². The van der Waals surface area contributed by atoms with Crippen molar-refractivity contribution < 1.29 is 19.4 Å². The number of hydrogen-bond acceptors (Lipinski definition) is 3. The Morgan fingerprint density at radius 2 is 0.587 bits per heavy atom. The molecule has 0 rings (SSSR count). The van der Waals surface area contributed by atoms with Crippen LogP contribution in [0.2, 0.25) is 0 Å². The summed E-state index contributed by atoms with van der Waals surface area (Å²) < 4.78 is 5.32. The summed E-state index contributed by atoms with van der Waals surface area (Å²) in [5.74, 6) is -0.638. The molecule has 4 nitrogen and oxygen atoms in total. The molecule has 0 unspecified atom stereocenters. The third-order valence-corrected chi connectivity index (χ3v) is 9.24. The predicted octanol–water partition coefficient (Wildman–Crippen LogP) is 14.7. The molecule has 0 amide bonds. The van der Waals surface area contributed by atoms with Crippen molar-refractivity contribution in [1.29, 1.82) is 0 Å². The molecule has 0 aliphatic rings. The lowest BCUT2D eigenvalue weighted by atomic mass is 10.0. The van der Waals surface area contributed by atoms with Gasteiger partial charge in [0, 0.05) is 12.8 Å². The molecule has 46 heavy (non-hydrogen) atoms. The molecule has 4 heteroatoms. The van der Waals surface area contributed by atoms with Crippen LogP contribution in [-0.4, -0.2) is 23.7 Å². The van der Waals surface area contributed by atoms with Gasteiger partial charge in [-0.25, -0.2) is 0 Å². The third-order valence-electron chi connectivity index (χ3n) is 9.24. The van der Waals surface area contributed by atoms with Gasteiger partial charge in [0.05, 0.1) is 6.61 Å². The Balaban J connectivity index is 0. The fraction of sp³-hybridized carbons (Fsp3) is 0.952. The molecule has 0 saturated heterocycles. The minimum Gasteiger partial charge on any atom is -0.481 e. The summed E-state index contributed by atoms with van der Waals surface area (Å²) in [7, 11) is 0. The first kappa shape index (κ1) is 47.1. The van der Waals surface area contributed by atoms with Gasteiger partial charge in [-0.05, 0) is 19.3 Å². The fourth-order valence-corrected chi connectivity index (χ4v) is 6.08. The number of rotatable bonds is 37.